The summed E-state index contributed by atoms with van der Waals surface area (Å²) in [6.07, 6.45) is 5.90. The van der Waals surface area contributed by atoms with Crippen LogP contribution in [0.3, 0.4) is 0 Å². The highest BCUT2D eigenvalue weighted by molar-refractivity contribution is 5.79. The lowest BCUT2D eigenvalue weighted by molar-refractivity contribution is 0.222. The number of rotatable bonds is 8. The quantitative estimate of drug-likeness (QED) is 0.405. The minimum absolute atomic E-state index is 0.0711. The summed E-state index contributed by atoms with van der Waals surface area (Å²) >= 11 is 0. The molecule has 182 valence electrons. The summed E-state index contributed by atoms with van der Waals surface area (Å²) in [5.74, 6) is 1.66. The first-order chi connectivity index (χ1) is 17.1. The minimum atomic E-state index is -0.0711. The van der Waals surface area contributed by atoms with Crippen LogP contribution in [-0.2, 0) is 19.6 Å². The molecule has 8 heteroatoms. The Bertz CT molecular complexity index is 1360. The van der Waals surface area contributed by atoms with Gasteiger partial charge in [-0.25, -0.2) is 4.68 Å². The Labute approximate surface area is 204 Å². The summed E-state index contributed by atoms with van der Waals surface area (Å²) in [7, 11) is 1.68. The third-order valence-electron chi connectivity index (χ3n) is 6.90. The number of hydrogen-bond donors (Lipinski definition) is 1. The van der Waals surface area contributed by atoms with E-state index in [2.05, 4.69) is 44.5 Å². The van der Waals surface area contributed by atoms with Gasteiger partial charge in [-0.15, -0.1) is 5.10 Å². The minimum Gasteiger partial charge on any atom is -0.496 e. The van der Waals surface area contributed by atoms with Crippen molar-refractivity contribution in [2.45, 2.75) is 64.7 Å². The van der Waals surface area contributed by atoms with Gasteiger partial charge in [0.25, 0.3) is 5.56 Å². The fourth-order valence-corrected chi connectivity index (χ4v) is 5.10. The number of H-pyrrole nitrogens is 1. The zero-order valence-corrected chi connectivity index (χ0v) is 20.4. The van der Waals surface area contributed by atoms with E-state index in [0.29, 0.717) is 25.7 Å². The maximum Gasteiger partial charge on any atom is 0.252 e. The zero-order chi connectivity index (χ0) is 24.2. The largest absolute Gasteiger partial charge is 0.496 e. The topological polar surface area (TPSA) is 88.9 Å². The standard InChI is InChI=1S/C27H32N6O2/c1-19-12-13-24-21(14-19)15-22(27(34)28-24)17-32(16-20-8-6-7-11-25(20)35-2)18-26-29-30-31-33(26)23-9-4-3-5-10-23/h6-8,11-15,23H,3-5,9-10,16-18H2,1-2H3,(H,28,34). The van der Waals surface area contributed by atoms with Gasteiger partial charge in [-0.05, 0) is 59.8 Å². The molecular weight excluding hydrogens is 440 g/mol. The van der Waals surface area contributed by atoms with Gasteiger partial charge in [0.15, 0.2) is 5.82 Å². The molecule has 0 aliphatic heterocycles. The number of hydrogen-bond acceptors (Lipinski definition) is 6. The van der Waals surface area contributed by atoms with E-state index in [1.165, 1.54) is 19.3 Å². The summed E-state index contributed by atoms with van der Waals surface area (Å²) in [6, 6.07) is 16.4. The summed E-state index contributed by atoms with van der Waals surface area (Å²) in [5, 5.41) is 13.8. The normalized spacial score (nSPS) is 14.6. The van der Waals surface area contributed by atoms with Crippen LogP contribution in [0, 0.1) is 6.92 Å². The molecule has 2 aromatic carbocycles. The maximum absolute atomic E-state index is 13.0. The van der Waals surface area contributed by atoms with Gasteiger partial charge in [0.05, 0.1) is 19.7 Å². The molecule has 2 aromatic heterocycles. The van der Waals surface area contributed by atoms with Crippen LogP contribution in [0.15, 0.2) is 53.3 Å². The van der Waals surface area contributed by atoms with Crippen LogP contribution >= 0.6 is 0 Å². The average molecular weight is 473 g/mol. The van der Waals surface area contributed by atoms with Crippen LogP contribution < -0.4 is 10.3 Å². The Hall–Kier alpha value is -3.52. The number of fused-ring (bicyclic) bond motifs is 1. The fraction of sp³-hybridized carbons (Fsp3) is 0.407. The van der Waals surface area contributed by atoms with E-state index in [9.17, 15) is 4.79 Å². The second-order valence-corrected chi connectivity index (χ2v) is 9.50. The van der Waals surface area contributed by atoms with Gasteiger partial charge in [0.2, 0.25) is 0 Å². The van der Waals surface area contributed by atoms with Crippen LogP contribution in [0.5, 0.6) is 5.75 Å². The van der Waals surface area contributed by atoms with Gasteiger partial charge >= 0.3 is 0 Å². The monoisotopic (exact) mass is 472 g/mol. The lowest BCUT2D eigenvalue weighted by Crippen LogP contribution is -2.29. The van der Waals surface area contributed by atoms with Crippen molar-refractivity contribution in [3.05, 3.63) is 81.4 Å². The number of aromatic nitrogens is 5. The highest BCUT2D eigenvalue weighted by Crippen LogP contribution is 2.29. The number of methoxy groups -OCH3 is 1. The summed E-state index contributed by atoms with van der Waals surface area (Å²) < 4.78 is 7.61. The molecule has 0 unspecified atom stereocenters. The van der Waals surface area contributed by atoms with Crippen molar-refractivity contribution in [2.75, 3.05) is 7.11 Å². The van der Waals surface area contributed by atoms with Crippen molar-refractivity contribution in [1.82, 2.24) is 30.1 Å². The first-order valence-corrected chi connectivity index (χ1v) is 12.3. The van der Waals surface area contributed by atoms with Crippen molar-refractivity contribution in [2.24, 2.45) is 0 Å². The second-order valence-electron chi connectivity index (χ2n) is 9.50. The van der Waals surface area contributed by atoms with Crippen molar-refractivity contribution in [3.8, 4) is 5.75 Å². The average Bonchev–Trinajstić information content (AvgIpc) is 3.33. The zero-order valence-electron chi connectivity index (χ0n) is 20.4. The number of nitrogens with one attached hydrogen (secondary N) is 1. The molecule has 0 atom stereocenters. The van der Waals surface area contributed by atoms with Crippen LogP contribution in [0.4, 0.5) is 0 Å². The predicted octanol–water partition coefficient (Wildman–Crippen LogP) is 4.54. The molecule has 1 saturated carbocycles. The molecular formula is C27H32N6O2. The summed E-state index contributed by atoms with van der Waals surface area (Å²) in [4.78, 5) is 18.3. The van der Waals surface area contributed by atoms with Crippen molar-refractivity contribution < 1.29 is 4.74 Å². The van der Waals surface area contributed by atoms with E-state index in [0.717, 1.165) is 52.0 Å². The van der Waals surface area contributed by atoms with Crippen molar-refractivity contribution in [3.63, 3.8) is 0 Å². The van der Waals surface area contributed by atoms with Gasteiger partial charge in [-0.3, -0.25) is 9.69 Å². The first-order valence-electron chi connectivity index (χ1n) is 12.3. The Balaban J connectivity index is 1.47. The van der Waals surface area contributed by atoms with E-state index >= 15 is 0 Å². The molecule has 1 aliphatic carbocycles. The molecule has 1 fully saturated rings. The number of pyridine rings is 1. The van der Waals surface area contributed by atoms with Crippen molar-refractivity contribution >= 4 is 10.9 Å². The van der Waals surface area contributed by atoms with E-state index in [1.54, 1.807) is 7.11 Å². The molecule has 0 amide bonds. The summed E-state index contributed by atoms with van der Waals surface area (Å²) in [6.45, 7) is 3.66. The van der Waals surface area contributed by atoms with Gasteiger partial charge in [0, 0.05) is 29.7 Å². The Morgan fingerprint density at radius 3 is 2.66 bits per heavy atom. The number of ether oxygens (including phenoxy) is 1. The molecule has 1 aliphatic rings. The van der Waals surface area contributed by atoms with Gasteiger partial charge in [-0.2, -0.15) is 0 Å². The number of nitrogens with zero attached hydrogens (tertiary/aromatic N) is 5. The molecule has 0 saturated heterocycles. The molecule has 1 N–H and O–H groups in total. The van der Waals surface area contributed by atoms with E-state index < -0.39 is 0 Å². The molecule has 0 radical (unpaired) electrons. The number of benzene rings is 2. The fourth-order valence-electron chi connectivity index (χ4n) is 5.10. The summed E-state index contributed by atoms with van der Waals surface area (Å²) in [5.41, 5.74) is 3.71. The Morgan fingerprint density at radius 2 is 1.83 bits per heavy atom. The smallest absolute Gasteiger partial charge is 0.252 e. The number of tetrazole rings is 1. The van der Waals surface area contributed by atoms with E-state index in [4.69, 9.17) is 4.74 Å². The van der Waals surface area contributed by atoms with E-state index in [1.807, 2.05) is 41.1 Å². The second kappa shape index (κ2) is 10.4. The Kier molecular flexibility index (Phi) is 6.90. The lowest BCUT2D eigenvalue weighted by Gasteiger charge is -2.26. The number of para-hydroxylation sites is 1. The predicted molar refractivity (Wildman–Crippen MR) is 135 cm³/mol. The SMILES string of the molecule is COc1ccccc1CN(Cc1cc2cc(C)ccc2[nH]c1=O)Cc1nnnn1C1CCCCC1. The molecule has 0 bridgehead atoms. The Morgan fingerprint density at radius 1 is 1.03 bits per heavy atom. The van der Waals surface area contributed by atoms with Crippen LogP contribution in [0.1, 0.15) is 60.7 Å². The molecule has 0 spiro atoms. The third-order valence-corrected chi connectivity index (χ3v) is 6.90. The third kappa shape index (κ3) is 5.27. The van der Waals surface area contributed by atoms with Gasteiger partial charge in [0.1, 0.15) is 5.75 Å². The molecule has 2 heterocycles. The van der Waals surface area contributed by atoms with E-state index in [-0.39, 0.29) is 5.56 Å². The molecule has 35 heavy (non-hydrogen) atoms. The maximum atomic E-state index is 13.0. The molecule has 4 aromatic rings. The molecule has 8 nitrogen and oxygen atoms in total. The highest BCUT2D eigenvalue weighted by atomic mass is 16.5. The lowest BCUT2D eigenvalue weighted by atomic mass is 9.95. The van der Waals surface area contributed by atoms with Crippen LogP contribution in [0.2, 0.25) is 0 Å². The highest BCUT2D eigenvalue weighted by Gasteiger charge is 2.22. The number of aromatic amines is 1. The van der Waals surface area contributed by atoms with Crippen LogP contribution in [0.25, 0.3) is 10.9 Å². The van der Waals surface area contributed by atoms with Crippen LogP contribution in [-0.4, -0.2) is 37.2 Å². The number of aryl methyl sites for hydroxylation is 1. The molecule has 5 rings (SSSR count). The van der Waals surface area contributed by atoms with Gasteiger partial charge in [-0.1, -0.05) is 49.1 Å². The van der Waals surface area contributed by atoms with Crippen molar-refractivity contribution in [1.29, 1.82) is 0 Å². The van der Waals surface area contributed by atoms with Gasteiger partial charge < -0.3 is 9.72 Å². The first kappa shape index (κ1) is 23.2.